The second kappa shape index (κ2) is 11.8. The Morgan fingerprint density at radius 3 is 2.63 bits per heavy atom. The van der Waals surface area contributed by atoms with Gasteiger partial charge in [0.1, 0.15) is 47.5 Å². The number of nitrogens with two attached hydrogens (primary N) is 1. The van der Waals surface area contributed by atoms with E-state index in [4.69, 9.17) is 26.6 Å². The Labute approximate surface area is 222 Å². The quantitative estimate of drug-likeness (QED) is 0.203. The number of pyridine rings is 1. The van der Waals surface area contributed by atoms with E-state index in [-0.39, 0.29) is 29.5 Å². The lowest BCUT2D eigenvalue weighted by Gasteiger charge is -2.14. The molecule has 0 saturated carbocycles. The van der Waals surface area contributed by atoms with Crippen molar-refractivity contribution in [2.24, 2.45) is 0 Å². The molecule has 0 aliphatic heterocycles. The van der Waals surface area contributed by atoms with Gasteiger partial charge in [0.15, 0.2) is 0 Å². The number of aryl methyl sites for hydroxylation is 1. The number of aliphatic hydroxyl groups is 2. The summed E-state index contributed by atoms with van der Waals surface area (Å²) in [6.45, 7) is 8.76. The van der Waals surface area contributed by atoms with Crippen LogP contribution in [0.4, 0.5) is 15.9 Å². The summed E-state index contributed by atoms with van der Waals surface area (Å²) in [5.41, 5.74) is 8.97. The van der Waals surface area contributed by atoms with Crippen LogP contribution in [0.15, 0.2) is 58.2 Å². The number of nitriles is 1. The van der Waals surface area contributed by atoms with Crippen molar-refractivity contribution in [1.82, 2.24) is 9.97 Å². The standard InChI is InChI=1S/C27H22FN5O4S/c1-15-9-17(5-8-22(15)28)26-32-18(12-37-26)14-38-27-21(10-29)23(24(31-2)25(30)33-27)16-3-6-20(7-4-16)36-13-19(35)11-34/h3-9,12,19,34-35H,11,13-14H2,1H3,(H2,30,33)/t19-/m1/s1. The molecule has 9 nitrogen and oxygen atoms in total. The van der Waals surface area contributed by atoms with E-state index in [1.807, 2.05) is 0 Å². The normalized spacial score (nSPS) is 11.5. The van der Waals surface area contributed by atoms with E-state index in [0.29, 0.717) is 50.4 Å². The van der Waals surface area contributed by atoms with E-state index in [9.17, 15) is 14.8 Å². The lowest BCUT2D eigenvalue weighted by Crippen LogP contribution is -2.21. The molecule has 0 fully saturated rings. The number of nitrogen functional groups attached to an aromatic ring is 1. The molecule has 4 aromatic rings. The molecule has 38 heavy (non-hydrogen) atoms. The first kappa shape index (κ1) is 26.6. The number of benzene rings is 2. The molecule has 192 valence electrons. The number of aliphatic hydroxyl groups excluding tert-OH is 2. The van der Waals surface area contributed by atoms with Crippen LogP contribution in [0.2, 0.25) is 0 Å². The molecule has 4 rings (SSSR count). The average molecular weight is 532 g/mol. The summed E-state index contributed by atoms with van der Waals surface area (Å²) in [6.07, 6.45) is 0.478. The van der Waals surface area contributed by atoms with E-state index < -0.39 is 12.7 Å². The van der Waals surface area contributed by atoms with Gasteiger partial charge in [-0.15, -0.1) is 0 Å². The third-order valence-electron chi connectivity index (χ3n) is 5.50. The molecule has 4 N–H and O–H groups in total. The molecule has 0 aliphatic rings. The van der Waals surface area contributed by atoms with E-state index in [2.05, 4.69) is 20.9 Å². The Morgan fingerprint density at radius 2 is 1.97 bits per heavy atom. The molecule has 1 atom stereocenters. The van der Waals surface area contributed by atoms with Crippen molar-refractivity contribution < 1.29 is 23.8 Å². The van der Waals surface area contributed by atoms with Gasteiger partial charge in [-0.1, -0.05) is 23.9 Å². The van der Waals surface area contributed by atoms with Gasteiger partial charge in [0.05, 0.1) is 24.4 Å². The summed E-state index contributed by atoms with van der Waals surface area (Å²) < 4.78 is 24.6. The number of thioether (sulfide) groups is 1. The third kappa shape index (κ3) is 5.76. The zero-order valence-corrected chi connectivity index (χ0v) is 21.0. The van der Waals surface area contributed by atoms with Crippen LogP contribution < -0.4 is 10.5 Å². The predicted molar refractivity (Wildman–Crippen MR) is 140 cm³/mol. The lowest BCUT2D eigenvalue weighted by molar-refractivity contribution is 0.0536. The number of rotatable bonds is 9. The lowest BCUT2D eigenvalue weighted by atomic mass is 10.00. The van der Waals surface area contributed by atoms with Gasteiger partial charge < -0.3 is 25.1 Å². The van der Waals surface area contributed by atoms with Crippen molar-refractivity contribution in [2.45, 2.75) is 23.8 Å². The van der Waals surface area contributed by atoms with Crippen LogP contribution in [0, 0.1) is 30.6 Å². The topological polar surface area (TPSA) is 143 Å². The first-order valence-corrected chi connectivity index (χ1v) is 12.3. The molecule has 0 spiro atoms. The Bertz CT molecular complexity index is 1540. The summed E-state index contributed by atoms with van der Waals surface area (Å²) in [7, 11) is 0. The molecule has 0 radical (unpaired) electrons. The van der Waals surface area contributed by atoms with Gasteiger partial charge in [-0.2, -0.15) is 5.26 Å². The van der Waals surface area contributed by atoms with Crippen LogP contribution in [0.25, 0.3) is 27.4 Å². The monoisotopic (exact) mass is 531 g/mol. The van der Waals surface area contributed by atoms with E-state index in [0.717, 1.165) is 0 Å². The summed E-state index contributed by atoms with van der Waals surface area (Å²) in [6, 6.07) is 13.3. The number of hydrogen-bond acceptors (Lipinski definition) is 9. The van der Waals surface area contributed by atoms with Gasteiger partial charge >= 0.3 is 0 Å². The van der Waals surface area contributed by atoms with Crippen LogP contribution in [-0.4, -0.2) is 39.5 Å². The fourth-order valence-corrected chi connectivity index (χ4v) is 4.44. The maximum atomic E-state index is 13.6. The highest BCUT2D eigenvalue weighted by molar-refractivity contribution is 7.98. The van der Waals surface area contributed by atoms with Crippen molar-refractivity contribution in [2.75, 3.05) is 18.9 Å². The van der Waals surface area contributed by atoms with Crippen LogP contribution in [0.1, 0.15) is 16.8 Å². The largest absolute Gasteiger partial charge is 0.491 e. The van der Waals surface area contributed by atoms with Gasteiger partial charge in [-0.3, -0.25) is 0 Å². The number of halogens is 1. The molecular formula is C27H22FN5O4S. The van der Waals surface area contributed by atoms with Crippen molar-refractivity contribution in [1.29, 1.82) is 5.26 Å². The van der Waals surface area contributed by atoms with Crippen LogP contribution in [-0.2, 0) is 5.75 Å². The summed E-state index contributed by atoms with van der Waals surface area (Å²) in [5, 5.41) is 28.7. The summed E-state index contributed by atoms with van der Waals surface area (Å²) >= 11 is 1.22. The molecule has 0 amide bonds. The predicted octanol–water partition coefficient (Wildman–Crippen LogP) is 4.88. The molecule has 2 heterocycles. The molecule has 0 unspecified atom stereocenters. The summed E-state index contributed by atoms with van der Waals surface area (Å²) in [5.74, 6) is 0.769. The molecule has 2 aromatic heterocycles. The average Bonchev–Trinajstić information content (AvgIpc) is 3.41. The zero-order valence-electron chi connectivity index (χ0n) is 20.2. The second-order valence-electron chi connectivity index (χ2n) is 8.19. The first-order valence-electron chi connectivity index (χ1n) is 11.3. The molecule has 2 aromatic carbocycles. The number of ether oxygens (including phenoxy) is 1. The zero-order chi connectivity index (χ0) is 27.2. The highest BCUT2D eigenvalue weighted by atomic mass is 32.2. The van der Waals surface area contributed by atoms with E-state index >= 15 is 0 Å². The van der Waals surface area contributed by atoms with Crippen molar-refractivity contribution >= 4 is 23.3 Å². The number of oxazole rings is 1. The van der Waals surface area contributed by atoms with Gasteiger partial charge in [0.2, 0.25) is 11.6 Å². The van der Waals surface area contributed by atoms with Gasteiger partial charge in [-0.25, -0.2) is 19.2 Å². The maximum absolute atomic E-state index is 13.6. The second-order valence-corrected chi connectivity index (χ2v) is 9.16. The van der Waals surface area contributed by atoms with Gasteiger partial charge in [0, 0.05) is 16.9 Å². The van der Waals surface area contributed by atoms with E-state index in [1.165, 1.54) is 24.1 Å². The Hall–Kier alpha value is -4.42. The first-order chi connectivity index (χ1) is 18.3. The SMILES string of the molecule is [C-]#[N+]c1c(N)nc(SCc2coc(-c3ccc(F)c(C)c3)n2)c(C#N)c1-c1ccc(OC[C@H](O)CO)cc1. The number of aromatic nitrogens is 2. The number of anilines is 1. The number of nitrogens with zero attached hydrogens (tertiary/aromatic N) is 4. The minimum absolute atomic E-state index is 0.00877. The minimum atomic E-state index is -1.01. The van der Waals surface area contributed by atoms with Crippen LogP contribution in [0.3, 0.4) is 0 Å². The Kier molecular flexibility index (Phi) is 8.24. The highest BCUT2D eigenvalue weighted by Gasteiger charge is 2.21. The molecule has 0 aliphatic carbocycles. The number of hydrogen-bond donors (Lipinski definition) is 3. The molecule has 0 saturated heterocycles. The minimum Gasteiger partial charge on any atom is -0.491 e. The highest BCUT2D eigenvalue weighted by Crippen LogP contribution is 2.42. The molecule has 11 heteroatoms. The Balaban J connectivity index is 1.60. The van der Waals surface area contributed by atoms with Gasteiger partial charge in [0.25, 0.3) is 0 Å². The van der Waals surface area contributed by atoms with Crippen molar-refractivity contribution in [3.8, 4) is 34.4 Å². The Morgan fingerprint density at radius 1 is 1.24 bits per heavy atom. The van der Waals surface area contributed by atoms with Crippen molar-refractivity contribution in [3.05, 3.63) is 82.8 Å². The summed E-state index contributed by atoms with van der Waals surface area (Å²) in [4.78, 5) is 12.3. The van der Waals surface area contributed by atoms with E-state index in [1.54, 1.807) is 43.3 Å². The third-order valence-corrected chi connectivity index (χ3v) is 6.51. The van der Waals surface area contributed by atoms with Crippen molar-refractivity contribution in [3.63, 3.8) is 0 Å². The molecule has 0 bridgehead atoms. The molecular weight excluding hydrogens is 509 g/mol. The fourth-order valence-electron chi connectivity index (χ4n) is 3.56. The van der Waals surface area contributed by atoms with Crippen LogP contribution in [0.5, 0.6) is 5.75 Å². The van der Waals surface area contributed by atoms with Crippen LogP contribution >= 0.6 is 11.8 Å². The smallest absolute Gasteiger partial charge is 0.236 e. The van der Waals surface area contributed by atoms with Gasteiger partial charge in [-0.05, 0) is 48.4 Å². The maximum Gasteiger partial charge on any atom is 0.236 e. The fraction of sp³-hybridized carbons (Fsp3) is 0.185.